The number of fused-ring (bicyclic) bond motifs is 1. The molecule has 5 nitrogen and oxygen atoms in total. The number of ether oxygens (including phenoxy) is 3. The first kappa shape index (κ1) is 19.4. The standard InChI is InChI=1S/C26H22O5/c27-24-22(25(28)31-26(30-24)14-5-6-15-26)16-19-9-2-4-13-23(19)29-17-20-11-7-10-18-8-1-3-12-21(18)20/h1-4,7-13,16H,5-6,14-15,17H2. The van der Waals surface area contributed by atoms with E-state index < -0.39 is 17.7 Å². The first-order valence-electron chi connectivity index (χ1n) is 10.5. The van der Waals surface area contributed by atoms with Crippen LogP contribution in [-0.4, -0.2) is 17.7 Å². The van der Waals surface area contributed by atoms with Crippen molar-refractivity contribution in [3.63, 3.8) is 0 Å². The van der Waals surface area contributed by atoms with Crippen LogP contribution < -0.4 is 4.74 Å². The second kappa shape index (κ2) is 7.91. The molecular formula is C26H22O5. The molecule has 0 bridgehead atoms. The molecule has 1 aliphatic carbocycles. The van der Waals surface area contributed by atoms with E-state index in [0.29, 0.717) is 30.8 Å². The van der Waals surface area contributed by atoms with E-state index in [1.807, 2.05) is 42.5 Å². The maximum Gasteiger partial charge on any atom is 0.348 e. The van der Waals surface area contributed by atoms with Crippen molar-refractivity contribution >= 4 is 28.8 Å². The van der Waals surface area contributed by atoms with Crippen LogP contribution in [0.1, 0.15) is 36.8 Å². The Morgan fingerprint density at radius 1 is 0.839 bits per heavy atom. The molecule has 2 fully saturated rings. The number of rotatable bonds is 4. The molecule has 0 unspecified atom stereocenters. The SMILES string of the molecule is O=C1OC2(CCCC2)OC(=O)C1=Cc1ccccc1OCc1cccc2ccccc12. The lowest BCUT2D eigenvalue weighted by atomic mass is 10.1. The second-order valence-corrected chi connectivity index (χ2v) is 7.92. The van der Waals surface area contributed by atoms with Crippen molar-refractivity contribution < 1.29 is 23.8 Å². The molecule has 5 rings (SSSR count). The van der Waals surface area contributed by atoms with Crippen LogP contribution in [-0.2, 0) is 25.7 Å². The van der Waals surface area contributed by atoms with Gasteiger partial charge in [-0.05, 0) is 41.3 Å². The molecular weight excluding hydrogens is 392 g/mol. The van der Waals surface area contributed by atoms with Gasteiger partial charge in [-0.2, -0.15) is 0 Å². The molecule has 156 valence electrons. The number of carbonyl (C=O) groups is 2. The summed E-state index contributed by atoms with van der Waals surface area (Å²) in [4.78, 5) is 25.2. The molecule has 3 aromatic rings. The van der Waals surface area contributed by atoms with E-state index in [0.717, 1.165) is 29.2 Å². The molecule has 31 heavy (non-hydrogen) atoms. The Kier molecular flexibility index (Phi) is 4.94. The highest BCUT2D eigenvalue weighted by molar-refractivity contribution is 6.19. The summed E-state index contributed by atoms with van der Waals surface area (Å²) in [5.41, 5.74) is 1.56. The third kappa shape index (κ3) is 3.79. The van der Waals surface area contributed by atoms with Gasteiger partial charge in [0.1, 0.15) is 17.9 Å². The predicted octanol–water partition coefficient (Wildman–Crippen LogP) is 5.17. The number of carbonyl (C=O) groups excluding carboxylic acids is 2. The van der Waals surface area contributed by atoms with Crippen LogP contribution in [0, 0.1) is 0 Å². The molecule has 1 saturated carbocycles. The van der Waals surface area contributed by atoms with Gasteiger partial charge in [0, 0.05) is 18.4 Å². The summed E-state index contributed by atoms with van der Waals surface area (Å²) < 4.78 is 17.1. The topological polar surface area (TPSA) is 61.8 Å². The highest BCUT2D eigenvalue weighted by Crippen LogP contribution is 2.39. The van der Waals surface area contributed by atoms with E-state index in [1.165, 1.54) is 6.08 Å². The zero-order chi connectivity index (χ0) is 21.3. The smallest absolute Gasteiger partial charge is 0.348 e. The van der Waals surface area contributed by atoms with E-state index in [9.17, 15) is 9.59 Å². The molecule has 0 amide bonds. The van der Waals surface area contributed by atoms with Gasteiger partial charge in [-0.25, -0.2) is 9.59 Å². The number of benzene rings is 3. The van der Waals surface area contributed by atoms with Crippen LogP contribution in [0.2, 0.25) is 0 Å². The monoisotopic (exact) mass is 414 g/mol. The molecule has 1 spiro atoms. The van der Waals surface area contributed by atoms with Crippen LogP contribution in [0.5, 0.6) is 5.75 Å². The molecule has 2 aliphatic rings. The molecule has 1 heterocycles. The van der Waals surface area contributed by atoms with Crippen molar-refractivity contribution in [2.75, 3.05) is 0 Å². The highest BCUT2D eigenvalue weighted by atomic mass is 16.7. The van der Waals surface area contributed by atoms with Gasteiger partial charge in [0.05, 0.1) is 0 Å². The number of esters is 2. The van der Waals surface area contributed by atoms with Gasteiger partial charge in [-0.3, -0.25) is 0 Å². The van der Waals surface area contributed by atoms with Gasteiger partial charge in [0.15, 0.2) is 0 Å². The molecule has 0 aromatic heterocycles. The van der Waals surface area contributed by atoms with E-state index in [2.05, 4.69) is 18.2 Å². The molecule has 0 atom stereocenters. The zero-order valence-corrected chi connectivity index (χ0v) is 17.0. The van der Waals surface area contributed by atoms with Crippen LogP contribution >= 0.6 is 0 Å². The van der Waals surface area contributed by atoms with Crippen LogP contribution in [0.25, 0.3) is 16.8 Å². The Labute approximate surface area is 180 Å². The Balaban J connectivity index is 1.39. The van der Waals surface area contributed by atoms with E-state index in [1.54, 1.807) is 6.07 Å². The maximum absolute atomic E-state index is 12.6. The maximum atomic E-state index is 12.6. The van der Waals surface area contributed by atoms with E-state index in [4.69, 9.17) is 14.2 Å². The lowest BCUT2D eigenvalue weighted by Crippen LogP contribution is -2.44. The number of para-hydroxylation sites is 1. The van der Waals surface area contributed by atoms with Crippen molar-refractivity contribution in [2.45, 2.75) is 38.1 Å². The third-order valence-electron chi connectivity index (χ3n) is 5.84. The van der Waals surface area contributed by atoms with Crippen LogP contribution in [0.15, 0.2) is 72.3 Å². The first-order valence-corrected chi connectivity index (χ1v) is 10.5. The summed E-state index contributed by atoms with van der Waals surface area (Å²) in [6, 6.07) is 21.5. The Bertz CT molecular complexity index is 1160. The normalized spacial score (nSPS) is 17.5. The van der Waals surface area contributed by atoms with Crippen molar-refractivity contribution in [3.05, 3.63) is 83.4 Å². The Hall–Kier alpha value is -3.60. The average molecular weight is 414 g/mol. The summed E-state index contributed by atoms with van der Waals surface area (Å²) in [6.45, 7) is 0.361. The van der Waals surface area contributed by atoms with E-state index in [-0.39, 0.29) is 5.57 Å². The first-order chi connectivity index (χ1) is 15.1. The quantitative estimate of drug-likeness (QED) is 0.335. The predicted molar refractivity (Wildman–Crippen MR) is 116 cm³/mol. The minimum atomic E-state index is -1.07. The van der Waals surface area contributed by atoms with Crippen molar-refractivity contribution in [2.24, 2.45) is 0 Å². The fourth-order valence-corrected chi connectivity index (χ4v) is 4.25. The third-order valence-corrected chi connectivity index (χ3v) is 5.84. The summed E-state index contributed by atoms with van der Waals surface area (Å²) in [5, 5.41) is 2.27. The van der Waals surface area contributed by atoms with Gasteiger partial charge < -0.3 is 14.2 Å². The summed E-state index contributed by atoms with van der Waals surface area (Å²) in [5.74, 6) is -1.77. The summed E-state index contributed by atoms with van der Waals surface area (Å²) in [6.07, 6.45) is 4.37. The van der Waals surface area contributed by atoms with Gasteiger partial charge in [-0.1, -0.05) is 60.7 Å². The fraction of sp³-hybridized carbons (Fsp3) is 0.231. The largest absolute Gasteiger partial charge is 0.488 e. The fourth-order valence-electron chi connectivity index (χ4n) is 4.25. The minimum absolute atomic E-state index is 0.112. The molecule has 0 radical (unpaired) electrons. The van der Waals surface area contributed by atoms with Gasteiger partial charge >= 0.3 is 11.9 Å². The minimum Gasteiger partial charge on any atom is -0.488 e. The van der Waals surface area contributed by atoms with Crippen LogP contribution in [0.4, 0.5) is 0 Å². The van der Waals surface area contributed by atoms with Crippen molar-refractivity contribution in [3.8, 4) is 5.75 Å². The summed E-state index contributed by atoms with van der Waals surface area (Å²) in [7, 11) is 0. The molecule has 0 N–H and O–H groups in total. The van der Waals surface area contributed by atoms with Gasteiger partial charge in [0.2, 0.25) is 0 Å². The molecule has 3 aromatic carbocycles. The second-order valence-electron chi connectivity index (χ2n) is 7.92. The summed E-state index contributed by atoms with van der Waals surface area (Å²) >= 11 is 0. The van der Waals surface area contributed by atoms with Crippen molar-refractivity contribution in [1.82, 2.24) is 0 Å². The van der Waals surface area contributed by atoms with E-state index >= 15 is 0 Å². The average Bonchev–Trinajstić information content (AvgIpc) is 3.22. The van der Waals surface area contributed by atoms with Crippen molar-refractivity contribution in [1.29, 1.82) is 0 Å². The number of hydrogen-bond acceptors (Lipinski definition) is 5. The van der Waals surface area contributed by atoms with Gasteiger partial charge in [0.25, 0.3) is 5.79 Å². The molecule has 1 aliphatic heterocycles. The lowest BCUT2D eigenvalue weighted by Gasteiger charge is -2.32. The molecule has 1 saturated heterocycles. The Morgan fingerprint density at radius 2 is 1.52 bits per heavy atom. The lowest BCUT2D eigenvalue weighted by molar-refractivity contribution is -0.232. The zero-order valence-electron chi connectivity index (χ0n) is 17.0. The number of hydrogen-bond donors (Lipinski definition) is 0. The molecule has 5 heteroatoms. The van der Waals surface area contributed by atoms with Crippen LogP contribution in [0.3, 0.4) is 0 Å². The van der Waals surface area contributed by atoms with Gasteiger partial charge in [-0.15, -0.1) is 0 Å². The highest BCUT2D eigenvalue weighted by Gasteiger charge is 2.47. The Morgan fingerprint density at radius 3 is 2.32 bits per heavy atom.